The van der Waals surface area contributed by atoms with E-state index in [9.17, 15) is 13.5 Å². The first-order valence-corrected chi connectivity index (χ1v) is 6.46. The average Bonchev–Trinajstić information content (AvgIpc) is 2.29. The Morgan fingerprint density at radius 2 is 1.69 bits per heavy atom. The molecular weight excluding hydrogens is 190 g/mol. The van der Waals surface area contributed by atoms with Crippen molar-refractivity contribution in [1.29, 1.82) is 0 Å². The topological polar surface area (TPSA) is 57.6 Å². The summed E-state index contributed by atoms with van der Waals surface area (Å²) in [5.74, 6) is 0.349. The number of fused-ring (bicyclic) bond motifs is 2. The SMILES string of the molecule is CS(=O)(=O)N1C[C@H]2CC[C@@H](C1)[C@H]2O. The lowest BCUT2D eigenvalue weighted by atomic mass is 9.97. The molecule has 1 saturated carbocycles. The van der Waals surface area contributed by atoms with Crippen LogP contribution in [-0.2, 0) is 10.0 Å². The van der Waals surface area contributed by atoms with Gasteiger partial charge in [-0.25, -0.2) is 12.7 Å². The fraction of sp³-hybridized carbons (Fsp3) is 1.00. The highest BCUT2D eigenvalue weighted by Gasteiger charge is 2.43. The molecule has 2 fully saturated rings. The van der Waals surface area contributed by atoms with E-state index in [4.69, 9.17) is 0 Å². The molecule has 1 aliphatic carbocycles. The lowest BCUT2D eigenvalue weighted by Gasteiger charge is -2.33. The van der Waals surface area contributed by atoms with E-state index in [0.29, 0.717) is 13.1 Å². The first-order chi connectivity index (χ1) is 5.98. The maximum atomic E-state index is 11.3. The van der Waals surface area contributed by atoms with E-state index in [1.165, 1.54) is 10.6 Å². The summed E-state index contributed by atoms with van der Waals surface area (Å²) in [6.07, 6.45) is 2.91. The molecule has 0 radical (unpaired) electrons. The van der Waals surface area contributed by atoms with E-state index in [-0.39, 0.29) is 17.9 Å². The van der Waals surface area contributed by atoms with E-state index < -0.39 is 10.0 Å². The maximum Gasteiger partial charge on any atom is 0.211 e. The van der Waals surface area contributed by atoms with Gasteiger partial charge in [0.1, 0.15) is 0 Å². The van der Waals surface area contributed by atoms with Gasteiger partial charge in [-0.15, -0.1) is 0 Å². The van der Waals surface area contributed by atoms with Crippen molar-refractivity contribution in [3.05, 3.63) is 0 Å². The van der Waals surface area contributed by atoms with Crippen LogP contribution < -0.4 is 0 Å². The highest BCUT2D eigenvalue weighted by molar-refractivity contribution is 7.88. The molecule has 76 valence electrons. The van der Waals surface area contributed by atoms with Crippen molar-refractivity contribution in [1.82, 2.24) is 4.31 Å². The van der Waals surface area contributed by atoms with E-state index in [1.807, 2.05) is 0 Å². The first kappa shape index (κ1) is 9.43. The number of piperidine rings is 1. The lowest BCUT2D eigenvalue weighted by molar-refractivity contribution is 0.0443. The quantitative estimate of drug-likeness (QED) is 0.636. The second kappa shape index (κ2) is 2.93. The lowest BCUT2D eigenvalue weighted by Crippen LogP contribution is -2.46. The Bertz CT molecular complexity index is 287. The predicted molar refractivity (Wildman–Crippen MR) is 48.6 cm³/mol. The van der Waals surface area contributed by atoms with Crippen LogP contribution in [0.5, 0.6) is 0 Å². The van der Waals surface area contributed by atoms with Crippen LogP contribution in [0.3, 0.4) is 0 Å². The third kappa shape index (κ3) is 1.60. The molecule has 0 aromatic heterocycles. The van der Waals surface area contributed by atoms with Crippen LogP contribution >= 0.6 is 0 Å². The minimum atomic E-state index is -3.05. The van der Waals surface area contributed by atoms with Crippen molar-refractivity contribution in [2.75, 3.05) is 19.3 Å². The third-order valence-electron chi connectivity index (χ3n) is 3.22. The number of aliphatic hydroxyl groups excluding tert-OH is 1. The van der Waals surface area contributed by atoms with Crippen molar-refractivity contribution >= 4 is 10.0 Å². The summed E-state index contributed by atoms with van der Waals surface area (Å²) < 4.78 is 24.0. The minimum Gasteiger partial charge on any atom is -0.392 e. The van der Waals surface area contributed by atoms with Gasteiger partial charge in [0, 0.05) is 13.1 Å². The van der Waals surface area contributed by atoms with Crippen LogP contribution in [-0.4, -0.2) is 43.3 Å². The molecule has 1 aliphatic heterocycles. The number of rotatable bonds is 1. The number of sulfonamides is 1. The Balaban J connectivity index is 2.16. The van der Waals surface area contributed by atoms with Gasteiger partial charge in [-0.3, -0.25) is 0 Å². The Morgan fingerprint density at radius 1 is 1.23 bits per heavy atom. The monoisotopic (exact) mass is 205 g/mol. The second-order valence-electron chi connectivity index (χ2n) is 4.17. The largest absolute Gasteiger partial charge is 0.392 e. The van der Waals surface area contributed by atoms with Crippen LogP contribution in [0.2, 0.25) is 0 Å². The summed E-state index contributed by atoms with van der Waals surface area (Å²) in [5.41, 5.74) is 0. The van der Waals surface area contributed by atoms with Gasteiger partial charge in [0.25, 0.3) is 0 Å². The van der Waals surface area contributed by atoms with Gasteiger partial charge < -0.3 is 5.11 Å². The molecule has 2 aliphatic rings. The van der Waals surface area contributed by atoms with Gasteiger partial charge in [-0.1, -0.05) is 0 Å². The highest BCUT2D eigenvalue weighted by atomic mass is 32.2. The van der Waals surface area contributed by atoms with Gasteiger partial charge in [-0.2, -0.15) is 0 Å². The third-order valence-corrected chi connectivity index (χ3v) is 4.46. The van der Waals surface area contributed by atoms with Gasteiger partial charge >= 0.3 is 0 Å². The zero-order valence-corrected chi connectivity index (χ0v) is 8.50. The molecular formula is C8H15NO3S. The molecule has 4 nitrogen and oxygen atoms in total. The Labute approximate surface area is 78.6 Å². The number of hydrogen-bond acceptors (Lipinski definition) is 3. The molecule has 3 atom stereocenters. The molecule has 0 spiro atoms. The molecule has 2 rings (SSSR count). The zero-order chi connectivity index (χ0) is 9.64. The van der Waals surface area contributed by atoms with Crippen molar-refractivity contribution in [3.63, 3.8) is 0 Å². The number of nitrogens with zero attached hydrogens (tertiary/aromatic N) is 1. The van der Waals surface area contributed by atoms with Crippen LogP contribution in [0.25, 0.3) is 0 Å². The van der Waals surface area contributed by atoms with Crippen molar-refractivity contribution in [2.24, 2.45) is 11.8 Å². The molecule has 1 N–H and O–H groups in total. The van der Waals surface area contributed by atoms with Crippen LogP contribution in [0, 0.1) is 11.8 Å². The predicted octanol–water partition coefficient (Wildman–Crippen LogP) is -0.351. The van der Waals surface area contributed by atoms with Crippen LogP contribution in [0.1, 0.15) is 12.8 Å². The van der Waals surface area contributed by atoms with Gasteiger partial charge in [0.15, 0.2) is 0 Å². The summed E-state index contributed by atoms with van der Waals surface area (Å²) >= 11 is 0. The molecule has 0 amide bonds. The zero-order valence-electron chi connectivity index (χ0n) is 7.68. The second-order valence-corrected chi connectivity index (χ2v) is 6.15. The molecule has 1 heterocycles. The van der Waals surface area contributed by atoms with E-state index in [1.54, 1.807) is 0 Å². The Morgan fingerprint density at radius 3 is 2.08 bits per heavy atom. The fourth-order valence-electron chi connectivity index (χ4n) is 2.42. The van der Waals surface area contributed by atoms with Crippen molar-refractivity contribution in [3.8, 4) is 0 Å². The number of hydrogen-bond donors (Lipinski definition) is 1. The average molecular weight is 205 g/mol. The van der Waals surface area contributed by atoms with Gasteiger partial charge in [0.2, 0.25) is 10.0 Å². The Hall–Kier alpha value is -0.130. The molecule has 0 aromatic rings. The molecule has 5 heteroatoms. The molecule has 1 saturated heterocycles. The summed E-state index contributed by atoms with van der Waals surface area (Å²) in [5, 5.41) is 9.67. The standard InChI is InChI=1S/C8H15NO3S/c1-13(11,12)9-4-6-2-3-7(5-9)8(6)10/h6-8,10H,2-5H2,1H3/t6-,7+,8+. The van der Waals surface area contributed by atoms with Crippen LogP contribution in [0.15, 0.2) is 0 Å². The van der Waals surface area contributed by atoms with Crippen molar-refractivity contribution < 1.29 is 13.5 Å². The normalized spacial score (nSPS) is 40.9. The van der Waals surface area contributed by atoms with Gasteiger partial charge in [0.05, 0.1) is 12.4 Å². The molecule has 2 bridgehead atoms. The summed E-state index contributed by atoms with van der Waals surface area (Å²) in [6, 6.07) is 0. The van der Waals surface area contributed by atoms with Gasteiger partial charge in [-0.05, 0) is 24.7 Å². The summed E-state index contributed by atoms with van der Waals surface area (Å²) in [6.45, 7) is 1.02. The molecule has 0 unspecified atom stereocenters. The smallest absolute Gasteiger partial charge is 0.211 e. The first-order valence-electron chi connectivity index (χ1n) is 4.61. The van der Waals surface area contributed by atoms with Crippen molar-refractivity contribution in [2.45, 2.75) is 18.9 Å². The minimum absolute atomic E-state index is 0.175. The van der Waals surface area contributed by atoms with Crippen LogP contribution in [0.4, 0.5) is 0 Å². The molecule has 13 heavy (non-hydrogen) atoms. The van der Waals surface area contributed by atoms with E-state index in [2.05, 4.69) is 0 Å². The Kier molecular flexibility index (Phi) is 2.13. The van der Waals surface area contributed by atoms with E-state index in [0.717, 1.165) is 12.8 Å². The summed E-state index contributed by atoms with van der Waals surface area (Å²) in [4.78, 5) is 0. The summed E-state index contributed by atoms with van der Waals surface area (Å²) in [7, 11) is -3.05. The van der Waals surface area contributed by atoms with E-state index >= 15 is 0 Å². The molecule has 0 aromatic carbocycles. The highest BCUT2D eigenvalue weighted by Crippen LogP contribution is 2.37. The maximum absolute atomic E-state index is 11.3. The fourth-order valence-corrected chi connectivity index (χ4v) is 3.35. The number of aliphatic hydroxyl groups is 1.